The van der Waals surface area contributed by atoms with Crippen LogP contribution in [0.2, 0.25) is 0 Å². The van der Waals surface area contributed by atoms with E-state index >= 15 is 0 Å². The maximum atomic E-state index is 6.83. The zero-order chi connectivity index (χ0) is 52.5. The second-order valence-corrected chi connectivity index (χ2v) is 24.5. The first kappa shape index (κ1) is 51.2. The third-order valence-corrected chi connectivity index (χ3v) is 19.3. The second-order valence-electron chi connectivity index (χ2n) is 21.4. The van der Waals surface area contributed by atoms with E-state index in [1.807, 2.05) is 14.2 Å². The van der Waals surface area contributed by atoms with Crippen LogP contribution in [0, 0.1) is 111 Å². The van der Waals surface area contributed by atoms with Gasteiger partial charge in [-0.15, -0.1) is 0 Å². The third kappa shape index (κ3) is 8.79. The van der Waals surface area contributed by atoms with E-state index in [2.05, 4.69) is 242 Å². The van der Waals surface area contributed by atoms with Crippen molar-refractivity contribution in [3.05, 3.63) is 209 Å². The van der Waals surface area contributed by atoms with Gasteiger partial charge < -0.3 is 18.7 Å². The summed E-state index contributed by atoms with van der Waals surface area (Å²) in [6.45, 7) is 35.9. The van der Waals surface area contributed by atoms with Crippen molar-refractivity contribution in [2.75, 3.05) is 24.0 Å². The van der Waals surface area contributed by atoms with E-state index in [0.717, 1.165) is 32.6 Å². The van der Waals surface area contributed by atoms with Gasteiger partial charge in [0.1, 0.15) is 0 Å². The molecule has 1 aliphatic heterocycles. The van der Waals surface area contributed by atoms with Crippen molar-refractivity contribution in [2.45, 2.75) is 111 Å². The quantitative estimate of drug-likeness (QED) is 0.128. The summed E-state index contributed by atoms with van der Waals surface area (Å²) in [6, 6.07) is 41.6. The Balaban J connectivity index is 1.15. The number of nitrogens with zero attached hydrogens (tertiary/aromatic N) is 2. The highest BCUT2D eigenvalue weighted by molar-refractivity contribution is 6.93. The smallest absolute Gasteiger partial charge is 0.391 e. The topological polar surface area (TPSA) is 24.9 Å². The van der Waals surface area contributed by atoms with Crippen LogP contribution in [0.5, 0.6) is 0 Å². The molecular weight excluding hydrogens is 905 g/mol. The van der Waals surface area contributed by atoms with E-state index in [0.29, 0.717) is 0 Å². The minimum absolute atomic E-state index is 1.10. The SMILES string of the molecule is CO[Si]1(OC)c2cc(-c3ccc(N(c4c(C)cc(C)cc4C)c4c(C)cc(C)cc4C)c(C)c3C)ccc2C=Cc2ccc(-c3ccc(N(c4c(C)cc(C)cc4C)c4c(C)cc(C)cc4C)c(C)c3C)cc21. The molecule has 0 bridgehead atoms. The minimum atomic E-state index is -3.29. The molecule has 0 aromatic heterocycles. The molecule has 1 aliphatic rings. The second kappa shape index (κ2) is 19.6. The Morgan fingerprint density at radius 2 is 0.589 bits per heavy atom. The summed E-state index contributed by atoms with van der Waals surface area (Å²) < 4.78 is 13.7. The summed E-state index contributed by atoms with van der Waals surface area (Å²) in [7, 11) is 0.371. The summed E-state index contributed by atoms with van der Waals surface area (Å²) >= 11 is 0. The highest BCUT2D eigenvalue weighted by Gasteiger charge is 2.45. The van der Waals surface area contributed by atoms with E-state index in [9.17, 15) is 0 Å². The predicted molar refractivity (Wildman–Crippen MR) is 317 cm³/mol. The number of benzene rings is 8. The number of fused-ring (bicyclic) bond motifs is 2. The van der Waals surface area contributed by atoms with Gasteiger partial charge in [-0.05, 0) is 235 Å². The number of aryl methyl sites for hydroxylation is 12. The van der Waals surface area contributed by atoms with E-state index in [-0.39, 0.29) is 0 Å². The van der Waals surface area contributed by atoms with E-state index < -0.39 is 8.56 Å². The van der Waals surface area contributed by atoms with Crippen LogP contribution >= 0.6 is 0 Å². The van der Waals surface area contributed by atoms with Crippen molar-refractivity contribution < 1.29 is 8.85 Å². The first-order valence-electron chi connectivity index (χ1n) is 25.9. The van der Waals surface area contributed by atoms with Gasteiger partial charge in [0.15, 0.2) is 0 Å². The lowest BCUT2D eigenvalue weighted by Crippen LogP contribution is -2.63. The maximum absolute atomic E-state index is 6.83. The molecule has 0 atom stereocenters. The van der Waals surface area contributed by atoms with Gasteiger partial charge in [0.25, 0.3) is 0 Å². The van der Waals surface area contributed by atoms with Crippen LogP contribution in [0.15, 0.2) is 109 Å². The lowest BCUT2D eigenvalue weighted by atomic mass is 9.92. The molecule has 5 heteroatoms. The number of rotatable bonds is 10. The number of anilines is 6. The van der Waals surface area contributed by atoms with Gasteiger partial charge in [-0.25, -0.2) is 0 Å². The van der Waals surface area contributed by atoms with E-state index in [4.69, 9.17) is 8.85 Å². The molecule has 0 amide bonds. The molecule has 0 radical (unpaired) electrons. The Hall–Kier alpha value is -6.76. The Bertz CT molecular complexity index is 3130. The monoisotopic (exact) mass is 979 g/mol. The molecule has 9 rings (SSSR count). The fourth-order valence-corrected chi connectivity index (χ4v) is 15.8. The fraction of sp³-hybridized carbons (Fsp3) is 0.265. The average Bonchev–Trinajstić information content (AvgIpc) is 3.45. The largest absolute Gasteiger partial charge is 0.407 e. The molecule has 0 N–H and O–H groups in total. The molecule has 0 spiro atoms. The first-order valence-corrected chi connectivity index (χ1v) is 27.7. The molecule has 73 heavy (non-hydrogen) atoms. The number of hydrogen-bond acceptors (Lipinski definition) is 4. The molecular formula is C68H74N2O2Si. The van der Waals surface area contributed by atoms with E-state index in [1.54, 1.807) is 0 Å². The highest BCUT2D eigenvalue weighted by Crippen LogP contribution is 2.48. The van der Waals surface area contributed by atoms with E-state index in [1.165, 1.54) is 134 Å². The molecule has 8 aromatic carbocycles. The lowest BCUT2D eigenvalue weighted by Gasteiger charge is -2.34. The Kier molecular flexibility index (Phi) is 13.7. The average molecular weight is 979 g/mol. The van der Waals surface area contributed by atoms with Gasteiger partial charge in [-0.2, -0.15) is 0 Å². The lowest BCUT2D eigenvalue weighted by molar-refractivity contribution is 0.272. The minimum Gasteiger partial charge on any atom is -0.391 e. The normalized spacial score (nSPS) is 12.7. The van der Waals surface area contributed by atoms with Crippen LogP contribution in [0.3, 0.4) is 0 Å². The molecule has 8 aromatic rings. The van der Waals surface area contributed by atoms with Crippen LogP contribution in [-0.2, 0) is 8.85 Å². The zero-order valence-electron chi connectivity index (χ0n) is 46.8. The first-order chi connectivity index (χ1) is 34.7. The highest BCUT2D eigenvalue weighted by atomic mass is 28.4. The standard InChI is InChI=1S/C68H74N2O2Si/c1-39-29-43(5)65(44(6)30-39)69(66-45(7)31-40(2)32-46(66)8)61-27-25-59(51(13)53(61)15)57-23-21-55-19-20-56-22-24-58(38-64(56)73(71-17,72-18)63(55)37-57)60-26-28-62(54(16)52(60)14)70(67-47(9)33-41(3)34-48(67)10)68-49(11)35-42(4)36-50(68)12/h19-38H,1-18H3. The summed E-state index contributed by atoms with van der Waals surface area (Å²) in [4.78, 5) is 5.05. The molecule has 372 valence electrons. The van der Waals surface area contributed by atoms with Crippen molar-refractivity contribution in [1.29, 1.82) is 0 Å². The summed E-state index contributed by atoms with van der Waals surface area (Å²) in [5.74, 6) is 0. The van der Waals surface area contributed by atoms with Gasteiger partial charge in [-0.3, -0.25) is 0 Å². The van der Waals surface area contributed by atoms with Gasteiger partial charge in [0.2, 0.25) is 0 Å². The van der Waals surface area contributed by atoms with Crippen molar-refractivity contribution in [3.63, 3.8) is 0 Å². The summed E-state index contributed by atoms with van der Waals surface area (Å²) in [6.07, 6.45) is 4.48. The zero-order valence-corrected chi connectivity index (χ0v) is 47.8. The van der Waals surface area contributed by atoms with Crippen LogP contribution in [-0.4, -0.2) is 22.8 Å². The molecule has 4 nitrogen and oxygen atoms in total. The fourth-order valence-electron chi connectivity index (χ4n) is 12.7. The van der Waals surface area contributed by atoms with Gasteiger partial charge in [-0.1, -0.05) is 119 Å². The summed E-state index contributed by atoms with van der Waals surface area (Å²) in [5.41, 5.74) is 34.5. The Morgan fingerprint density at radius 3 is 0.849 bits per heavy atom. The Morgan fingerprint density at radius 1 is 0.315 bits per heavy atom. The van der Waals surface area contributed by atoms with Crippen LogP contribution < -0.4 is 20.2 Å². The molecule has 0 saturated carbocycles. The molecule has 0 unspecified atom stereocenters. The van der Waals surface area contributed by atoms with Gasteiger partial charge >= 0.3 is 8.56 Å². The van der Waals surface area contributed by atoms with Crippen molar-refractivity contribution in [3.8, 4) is 22.3 Å². The van der Waals surface area contributed by atoms with Crippen molar-refractivity contribution in [2.24, 2.45) is 0 Å². The molecule has 0 fully saturated rings. The Labute approximate surface area is 438 Å². The van der Waals surface area contributed by atoms with Crippen LogP contribution in [0.25, 0.3) is 34.4 Å². The third-order valence-electron chi connectivity index (χ3n) is 15.9. The van der Waals surface area contributed by atoms with Crippen LogP contribution in [0.1, 0.15) is 100 Å². The molecule has 0 saturated heterocycles. The predicted octanol–water partition coefficient (Wildman–Crippen LogP) is 17.2. The molecule has 0 aliphatic carbocycles. The summed E-state index contributed by atoms with van der Waals surface area (Å²) in [5, 5.41) is 2.21. The molecule has 1 heterocycles. The number of hydrogen-bond donors (Lipinski definition) is 0. The van der Waals surface area contributed by atoms with Gasteiger partial charge in [0, 0.05) is 36.0 Å². The van der Waals surface area contributed by atoms with Crippen molar-refractivity contribution in [1.82, 2.24) is 0 Å². The van der Waals surface area contributed by atoms with Gasteiger partial charge in [0.05, 0.1) is 22.7 Å². The van der Waals surface area contributed by atoms with Crippen molar-refractivity contribution >= 4 is 65.2 Å². The van der Waals surface area contributed by atoms with Crippen LogP contribution in [0.4, 0.5) is 34.1 Å². The maximum Gasteiger partial charge on any atom is 0.407 e.